The Labute approximate surface area is 101 Å². The van der Waals surface area contributed by atoms with Crippen molar-refractivity contribution in [1.29, 1.82) is 0 Å². The summed E-state index contributed by atoms with van der Waals surface area (Å²) >= 11 is 0. The molecule has 5 heteroatoms. The predicted octanol–water partition coefficient (Wildman–Crippen LogP) is 1.10. The van der Waals surface area contributed by atoms with Crippen LogP contribution in [-0.2, 0) is 11.2 Å². The van der Waals surface area contributed by atoms with E-state index in [2.05, 4.69) is 10.1 Å². The van der Waals surface area contributed by atoms with Gasteiger partial charge >= 0.3 is 0 Å². The molecule has 1 fully saturated rings. The summed E-state index contributed by atoms with van der Waals surface area (Å²) in [6.45, 7) is 5.87. The minimum atomic E-state index is -0.701. The van der Waals surface area contributed by atoms with Gasteiger partial charge in [0, 0.05) is 6.04 Å². The van der Waals surface area contributed by atoms with Crippen molar-refractivity contribution < 1.29 is 4.79 Å². The average Bonchev–Trinajstić information content (AvgIpc) is 3.00. The smallest absolute Gasteiger partial charge is 0.160 e. The molecule has 0 radical (unpaired) electrons. The Morgan fingerprint density at radius 1 is 1.65 bits per heavy atom. The van der Waals surface area contributed by atoms with Crippen LogP contribution in [0.2, 0.25) is 0 Å². The second kappa shape index (κ2) is 4.22. The van der Waals surface area contributed by atoms with Crippen LogP contribution in [0.4, 0.5) is 0 Å². The molecule has 1 aromatic rings. The number of nitrogens with two attached hydrogens (primary N) is 1. The standard InChI is InChI=1S/C12H20N4O/c1-8(2)16-11(14-7-15-16)6-10(17)12(3,13)9-4-5-9/h7-9H,4-6,13H2,1-3H3. The summed E-state index contributed by atoms with van der Waals surface area (Å²) in [6.07, 6.45) is 3.90. The summed E-state index contributed by atoms with van der Waals surface area (Å²) in [6, 6.07) is 0.213. The van der Waals surface area contributed by atoms with Gasteiger partial charge in [0.15, 0.2) is 5.78 Å². The molecule has 0 bridgehead atoms. The Bertz CT molecular complexity index is 418. The van der Waals surface area contributed by atoms with Crippen molar-refractivity contribution in [2.24, 2.45) is 11.7 Å². The molecule has 0 aliphatic heterocycles. The van der Waals surface area contributed by atoms with Gasteiger partial charge in [-0.2, -0.15) is 5.10 Å². The van der Waals surface area contributed by atoms with Crippen LogP contribution in [0.1, 0.15) is 45.5 Å². The fraction of sp³-hybridized carbons (Fsp3) is 0.750. The molecule has 1 saturated carbocycles. The lowest BCUT2D eigenvalue weighted by Crippen LogP contribution is -2.48. The highest BCUT2D eigenvalue weighted by atomic mass is 16.1. The number of ketones is 1. The van der Waals surface area contributed by atoms with Crippen molar-refractivity contribution in [2.75, 3.05) is 0 Å². The molecule has 0 aromatic carbocycles. The molecule has 0 amide bonds. The lowest BCUT2D eigenvalue weighted by atomic mass is 9.90. The third-order valence-corrected chi connectivity index (χ3v) is 3.48. The number of carbonyl (C=O) groups is 1. The van der Waals surface area contributed by atoms with E-state index >= 15 is 0 Å². The van der Waals surface area contributed by atoms with Crippen LogP contribution < -0.4 is 5.73 Å². The Morgan fingerprint density at radius 3 is 2.82 bits per heavy atom. The number of rotatable bonds is 5. The minimum absolute atomic E-state index is 0.0647. The SMILES string of the molecule is CC(C)n1ncnc1CC(=O)C(C)(N)C1CC1. The summed E-state index contributed by atoms with van der Waals surface area (Å²) in [7, 11) is 0. The lowest BCUT2D eigenvalue weighted by molar-refractivity contribution is -0.123. The highest BCUT2D eigenvalue weighted by molar-refractivity contribution is 5.89. The summed E-state index contributed by atoms with van der Waals surface area (Å²) in [5.74, 6) is 1.13. The summed E-state index contributed by atoms with van der Waals surface area (Å²) < 4.78 is 1.78. The van der Waals surface area contributed by atoms with Crippen molar-refractivity contribution in [3.05, 3.63) is 12.2 Å². The monoisotopic (exact) mass is 236 g/mol. The predicted molar refractivity (Wildman–Crippen MR) is 64.4 cm³/mol. The molecule has 0 saturated heterocycles. The molecule has 1 aromatic heterocycles. The van der Waals surface area contributed by atoms with Crippen LogP contribution in [0.25, 0.3) is 0 Å². The van der Waals surface area contributed by atoms with E-state index in [0.29, 0.717) is 11.7 Å². The fourth-order valence-corrected chi connectivity index (χ4v) is 2.08. The molecule has 1 heterocycles. The zero-order chi connectivity index (χ0) is 12.6. The normalized spacial score (nSPS) is 19.4. The number of carbonyl (C=O) groups excluding carboxylic acids is 1. The summed E-state index contributed by atoms with van der Waals surface area (Å²) in [5, 5.41) is 4.12. The van der Waals surface area contributed by atoms with Gasteiger partial charge in [0.2, 0.25) is 0 Å². The molecule has 1 atom stereocenters. The molecule has 2 N–H and O–H groups in total. The van der Waals surface area contributed by atoms with Gasteiger partial charge in [-0.3, -0.25) is 4.79 Å². The zero-order valence-corrected chi connectivity index (χ0v) is 10.7. The van der Waals surface area contributed by atoms with Gasteiger partial charge in [-0.15, -0.1) is 0 Å². The molecular weight excluding hydrogens is 216 g/mol. The van der Waals surface area contributed by atoms with E-state index in [-0.39, 0.29) is 18.2 Å². The van der Waals surface area contributed by atoms with Crippen LogP contribution in [-0.4, -0.2) is 26.1 Å². The number of Topliss-reactive ketones (excluding diaryl/α,β-unsaturated/α-hetero) is 1. The highest BCUT2D eigenvalue weighted by Gasteiger charge is 2.43. The van der Waals surface area contributed by atoms with Crippen LogP contribution in [0.15, 0.2) is 6.33 Å². The van der Waals surface area contributed by atoms with Crippen molar-refractivity contribution in [2.45, 2.75) is 51.6 Å². The van der Waals surface area contributed by atoms with Crippen LogP contribution in [0, 0.1) is 5.92 Å². The highest BCUT2D eigenvalue weighted by Crippen LogP contribution is 2.38. The number of hydrogen-bond donors (Lipinski definition) is 1. The van der Waals surface area contributed by atoms with E-state index < -0.39 is 5.54 Å². The molecule has 0 spiro atoms. The van der Waals surface area contributed by atoms with Crippen molar-refractivity contribution in [3.8, 4) is 0 Å². The van der Waals surface area contributed by atoms with Crippen molar-refractivity contribution in [3.63, 3.8) is 0 Å². The first-order valence-electron chi connectivity index (χ1n) is 6.13. The molecular formula is C12H20N4O. The van der Waals surface area contributed by atoms with E-state index in [1.807, 2.05) is 20.8 Å². The van der Waals surface area contributed by atoms with Gasteiger partial charge in [0.25, 0.3) is 0 Å². The van der Waals surface area contributed by atoms with E-state index in [9.17, 15) is 4.79 Å². The maximum atomic E-state index is 12.2. The second-order valence-corrected chi connectivity index (χ2v) is 5.37. The molecule has 1 aliphatic rings. The van der Waals surface area contributed by atoms with Gasteiger partial charge in [-0.1, -0.05) is 0 Å². The third-order valence-electron chi connectivity index (χ3n) is 3.48. The summed E-state index contributed by atoms with van der Waals surface area (Å²) in [5.41, 5.74) is 5.40. The first-order chi connectivity index (χ1) is 7.93. The third kappa shape index (κ3) is 2.39. The molecule has 2 rings (SSSR count). The molecule has 1 unspecified atom stereocenters. The molecule has 94 valence electrons. The zero-order valence-electron chi connectivity index (χ0n) is 10.7. The second-order valence-electron chi connectivity index (χ2n) is 5.37. The van der Waals surface area contributed by atoms with E-state index in [1.165, 1.54) is 6.33 Å². The summed E-state index contributed by atoms with van der Waals surface area (Å²) in [4.78, 5) is 16.3. The van der Waals surface area contributed by atoms with Crippen molar-refractivity contribution in [1.82, 2.24) is 14.8 Å². The van der Waals surface area contributed by atoms with Crippen LogP contribution in [0.5, 0.6) is 0 Å². The molecule has 5 nitrogen and oxygen atoms in total. The van der Waals surface area contributed by atoms with Gasteiger partial charge in [-0.05, 0) is 39.5 Å². The minimum Gasteiger partial charge on any atom is -0.319 e. The maximum absolute atomic E-state index is 12.2. The average molecular weight is 236 g/mol. The number of aromatic nitrogens is 3. The Morgan fingerprint density at radius 2 is 2.29 bits per heavy atom. The van der Waals surface area contributed by atoms with Crippen molar-refractivity contribution >= 4 is 5.78 Å². The quantitative estimate of drug-likeness (QED) is 0.830. The fourth-order valence-electron chi connectivity index (χ4n) is 2.08. The maximum Gasteiger partial charge on any atom is 0.160 e. The van der Waals surface area contributed by atoms with Gasteiger partial charge < -0.3 is 5.73 Å². The largest absolute Gasteiger partial charge is 0.319 e. The topological polar surface area (TPSA) is 73.8 Å². The lowest BCUT2D eigenvalue weighted by Gasteiger charge is -2.22. The van der Waals surface area contributed by atoms with Gasteiger partial charge in [0.05, 0.1) is 12.0 Å². The van der Waals surface area contributed by atoms with E-state index in [4.69, 9.17) is 5.73 Å². The Kier molecular flexibility index (Phi) is 3.03. The Hall–Kier alpha value is -1.23. The number of nitrogens with zero attached hydrogens (tertiary/aromatic N) is 3. The molecule has 17 heavy (non-hydrogen) atoms. The first kappa shape index (κ1) is 12.2. The van der Waals surface area contributed by atoms with E-state index in [0.717, 1.165) is 12.8 Å². The van der Waals surface area contributed by atoms with Gasteiger partial charge in [-0.25, -0.2) is 9.67 Å². The number of hydrogen-bond acceptors (Lipinski definition) is 4. The Balaban J connectivity index is 2.10. The first-order valence-corrected chi connectivity index (χ1v) is 6.13. The van der Waals surface area contributed by atoms with Crippen LogP contribution in [0.3, 0.4) is 0 Å². The molecule has 1 aliphatic carbocycles. The van der Waals surface area contributed by atoms with Crippen LogP contribution >= 0.6 is 0 Å². The van der Waals surface area contributed by atoms with E-state index in [1.54, 1.807) is 4.68 Å². The van der Waals surface area contributed by atoms with Gasteiger partial charge in [0.1, 0.15) is 12.2 Å².